The van der Waals surface area contributed by atoms with Gasteiger partial charge in [-0.15, -0.1) is 0 Å². The topological polar surface area (TPSA) is 45.0 Å². The maximum atomic E-state index is 14.5. The van der Waals surface area contributed by atoms with Crippen molar-refractivity contribution in [2.45, 2.75) is 52.5 Å². The largest absolute Gasteiger partial charge is 0.339 e. The highest BCUT2D eigenvalue weighted by Gasteiger charge is 2.59. The van der Waals surface area contributed by atoms with Crippen LogP contribution in [0, 0.1) is 34.3 Å². The quantitative estimate of drug-likeness (QED) is 0.368. The molecular weight excluding hydrogens is 408 g/mol. The van der Waals surface area contributed by atoms with Crippen LogP contribution in [0.25, 0.3) is 5.70 Å². The predicted molar refractivity (Wildman–Crippen MR) is 121 cm³/mol. The third-order valence-corrected chi connectivity index (χ3v) is 8.30. The molecule has 0 aromatic heterocycles. The summed E-state index contributed by atoms with van der Waals surface area (Å²) >= 11 is 0. The first kappa shape index (κ1) is 22.6. The van der Waals surface area contributed by atoms with E-state index in [4.69, 9.17) is 0 Å². The van der Waals surface area contributed by atoms with Crippen LogP contribution < -0.4 is 0 Å². The predicted octanol–water partition coefficient (Wildman–Crippen LogP) is 6.52. The lowest BCUT2D eigenvalue weighted by atomic mass is 9.63. The number of hydrogen-bond acceptors (Lipinski definition) is 3. The zero-order valence-electron chi connectivity index (χ0n) is 19.1. The Balaban J connectivity index is 1.64. The second-order valence-electron chi connectivity index (χ2n) is 10.2. The van der Waals surface area contributed by atoms with Gasteiger partial charge in [-0.1, -0.05) is 40.0 Å². The number of carbonyl (C=O) groups is 1. The van der Waals surface area contributed by atoms with Crippen molar-refractivity contribution >= 4 is 11.6 Å². The smallest absolute Gasteiger partial charge is 0.229 e. The van der Waals surface area contributed by atoms with Crippen LogP contribution in [0.5, 0.6) is 0 Å². The maximum Gasteiger partial charge on any atom is 0.229 e. The fourth-order valence-electron chi connectivity index (χ4n) is 5.90. The SMILES string of the molecule is C=CN=N/C(=C\C(=C)C1CC[C@](C)(C(=O)N2CC3CC2C3)C1(C)C)c1c(F)cccc1F. The van der Waals surface area contributed by atoms with Crippen LogP contribution in [0.2, 0.25) is 0 Å². The van der Waals surface area contributed by atoms with Gasteiger partial charge in [0.1, 0.15) is 11.6 Å². The first-order chi connectivity index (χ1) is 15.1. The Hall–Kier alpha value is -2.63. The van der Waals surface area contributed by atoms with Crippen molar-refractivity contribution in [3.63, 3.8) is 0 Å². The summed E-state index contributed by atoms with van der Waals surface area (Å²) in [5.41, 5.74) is -0.387. The Bertz CT molecular complexity index is 1000. The van der Waals surface area contributed by atoms with E-state index in [9.17, 15) is 13.6 Å². The standard InChI is InChI=1S/C26H31F2N3O/c1-6-29-30-22(23-20(27)8-7-9-21(23)28)12-16(2)19-10-11-26(5,25(19,3)4)24(32)31-15-17-13-18(31)14-17/h6-9,12,17-19H,1-2,10-11,13-15H2,3-5H3/b22-12-,30-29?/t17?,18?,19?,26-/m1/s1. The molecule has 32 heavy (non-hydrogen) atoms. The Morgan fingerprint density at radius 3 is 2.44 bits per heavy atom. The molecule has 1 amide bonds. The van der Waals surface area contributed by atoms with Crippen LogP contribution in [0.1, 0.15) is 52.0 Å². The van der Waals surface area contributed by atoms with E-state index < -0.39 is 17.0 Å². The van der Waals surface area contributed by atoms with Gasteiger partial charge in [-0.05, 0) is 66.7 Å². The summed E-state index contributed by atoms with van der Waals surface area (Å²) in [6.07, 6.45) is 6.61. The number of hydrogen-bond donors (Lipinski definition) is 0. The van der Waals surface area contributed by atoms with Crippen molar-refractivity contribution in [2.75, 3.05) is 6.54 Å². The molecule has 2 saturated heterocycles. The van der Waals surface area contributed by atoms with Crippen LogP contribution in [0.4, 0.5) is 8.78 Å². The highest BCUT2D eigenvalue weighted by molar-refractivity contribution is 5.85. The molecule has 170 valence electrons. The number of nitrogens with zero attached hydrogens (tertiary/aromatic N) is 3. The van der Waals surface area contributed by atoms with Gasteiger partial charge in [0, 0.05) is 18.8 Å². The summed E-state index contributed by atoms with van der Waals surface area (Å²) in [5, 5.41) is 7.75. The Morgan fingerprint density at radius 2 is 1.88 bits per heavy atom. The third kappa shape index (κ3) is 3.44. The molecule has 1 aromatic carbocycles. The van der Waals surface area contributed by atoms with Crippen molar-refractivity contribution in [1.29, 1.82) is 0 Å². The summed E-state index contributed by atoms with van der Waals surface area (Å²) in [6.45, 7) is 14.9. The minimum Gasteiger partial charge on any atom is -0.339 e. The summed E-state index contributed by atoms with van der Waals surface area (Å²) in [7, 11) is 0. The van der Waals surface area contributed by atoms with Crippen LogP contribution in [0.3, 0.4) is 0 Å². The van der Waals surface area contributed by atoms with Gasteiger partial charge in [-0.2, -0.15) is 10.2 Å². The normalized spacial score (nSPS) is 31.1. The molecule has 0 spiro atoms. The number of azo groups is 1. The third-order valence-electron chi connectivity index (χ3n) is 8.30. The van der Waals surface area contributed by atoms with Gasteiger partial charge in [0.05, 0.1) is 16.7 Å². The lowest BCUT2D eigenvalue weighted by molar-refractivity contribution is -0.147. The van der Waals surface area contributed by atoms with Gasteiger partial charge < -0.3 is 4.90 Å². The van der Waals surface area contributed by atoms with Crippen LogP contribution in [-0.2, 0) is 4.79 Å². The monoisotopic (exact) mass is 439 g/mol. The van der Waals surface area contributed by atoms with E-state index in [0.717, 1.165) is 32.2 Å². The van der Waals surface area contributed by atoms with Crippen molar-refractivity contribution in [3.8, 4) is 0 Å². The van der Waals surface area contributed by atoms with Crippen LogP contribution in [-0.4, -0.2) is 23.4 Å². The zero-order chi connectivity index (χ0) is 23.3. The van der Waals surface area contributed by atoms with Crippen molar-refractivity contribution in [1.82, 2.24) is 4.90 Å². The number of benzene rings is 1. The molecule has 0 N–H and O–H groups in total. The second kappa shape index (κ2) is 8.05. The van der Waals surface area contributed by atoms with E-state index in [1.54, 1.807) is 6.08 Å². The Morgan fingerprint density at radius 1 is 1.22 bits per heavy atom. The van der Waals surface area contributed by atoms with Gasteiger partial charge in [0.25, 0.3) is 0 Å². The maximum absolute atomic E-state index is 14.5. The molecule has 2 saturated carbocycles. The first-order valence-corrected chi connectivity index (χ1v) is 11.3. The highest BCUT2D eigenvalue weighted by atomic mass is 19.1. The number of carbonyl (C=O) groups excluding carboxylic acids is 1. The molecule has 1 aromatic rings. The van der Waals surface area contributed by atoms with Gasteiger partial charge in [0.15, 0.2) is 0 Å². The molecule has 2 aliphatic heterocycles. The van der Waals surface area contributed by atoms with E-state index in [2.05, 4.69) is 49.1 Å². The first-order valence-electron chi connectivity index (χ1n) is 11.3. The molecule has 2 bridgehead atoms. The Kier molecular flexibility index (Phi) is 5.68. The molecule has 1 unspecified atom stereocenters. The highest BCUT2D eigenvalue weighted by Crippen LogP contribution is 2.60. The van der Waals surface area contributed by atoms with Gasteiger partial charge in [-0.3, -0.25) is 4.79 Å². The van der Waals surface area contributed by atoms with Crippen molar-refractivity contribution in [2.24, 2.45) is 32.9 Å². The van der Waals surface area contributed by atoms with Crippen LogP contribution >= 0.6 is 0 Å². The second-order valence-corrected chi connectivity index (χ2v) is 10.2. The lowest BCUT2D eigenvalue weighted by Gasteiger charge is -2.43. The number of fused-ring (bicyclic) bond motifs is 1. The molecular formula is C26H31F2N3O. The number of allylic oxidation sites excluding steroid dienone is 2. The van der Waals surface area contributed by atoms with Crippen LogP contribution in [0.15, 0.2) is 59.4 Å². The molecule has 6 heteroatoms. The minimum absolute atomic E-state index is 0.0298. The number of halogens is 2. The van der Waals surface area contributed by atoms with E-state index in [-0.39, 0.29) is 28.5 Å². The summed E-state index contributed by atoms with van der Waals surface area (Å²) in [5.74, 6) is -0.563. The van der Waals surface area contributed by atoms with E-state index in [1.165, 1.54) is 24.4 Å². The molecule has 0 radical (unpaired) electrons. The fraction of sp³-hybridized carbons (Fsp3) is 0.500. The van der Waals surface area contributed by atoms with Gasteiger partial charge >= 0.3 is 0 Å². The average molecular weight is 440 g/mol. The molecule has 2 aliphatic carbocycles. The van der Waals surface area contributed by atoms with Crippen molar-refractivity contribution < 1.29 is 13.6 Å². The number of amides is 1. The fourth-order valence-corrected chi connectivity index (χ4v) is 5.90. The van der Waals surface area contributed by atoms with E-state index >= 15 is 0 Å². The molecule has 2 heterocycles. The van der Waals surface area contributed by atoms with Gasteiger partial charge in [-0.25, -0.2) is 8.78 Å². The van der Waals surface area contributed by atoms with E-state index in [1.807, 2.05) is 0 Å². The lowest BCUT2D eigenvalue weighted by Crippen LogP contribution is -2.49. The van der Waals surface area contributed by atoms with Gasteiger partial charge in [0.2, 0.25) is 5.91 Å². The van der Waals surface area contributed by atoms with E-state index in [0.29, 0.717) is 17.5 Å². The molecule has 4 nitrogen and oxygen atoms in total. The molecule has 5 rings (SSSR count). The summed E-state index contributed by atoms with van der Waals surface area (Å²) in [6, 6.07) is 4.09. The molecule has 4 aliphatic rings. The Labute approximate surface area is 188 Å². The number of rotatable bonds is 6. The zero-order valence-corrected chi connectivity index (χ0v) is 19.1. The minimum atomic E-state index is -0.717. The molecule has 4 fully saturated rings. The average Bonchev–Trinajstić information content (AvgIpc) is 3.37. The van der Waals surface area contributed by atoms with Crippen molar-refractivity contribution in [3.05, 3.63) is 66.4 Å². The summed E-state index contributed by atoms with van der Waals surface area (Å²) < 4.78 is 28.9. The summed E-state index contributed by atoms with van der Waals surface area (Å²) in [4.78, 5) is 15.7. The molecule has 2 atom stereocenters.